The summed E-state index contributed by atoms with van der Waals surface area (Å²) in [6.07, 6.45) is 0. The summed E-state index contributed by atoms with van der Waals surface area (Å²) >= 11 is 1.86. The molecule has 1 aliphatic rings. The van der Waals surface area contributed by atoms with Crippen LogP contribution in [-0.2, 0) is 0 Å². The van der Waals surface area contributed by atoms with E-state index in [4.69, 9.17) is 4.99 Å². The topological polar surface area (TPSA) is 12.4 Å². The van der Waals surface area contributed by atoms with Crippen molar-refractivity contribution >= 4 is 59.9 Å². The van der Waals surface area contributed by atoms with Crippen molar-refractivity contribution < 1.29 is 0 Å². The summed E-state index contributed by atoms with van der Waals surface area (Å²) in [5.41, 5.74) is 8.67. The van der Waals surface area contributed by atoms with Crippen molar-refractivity contribution in [3.63, 3.8) is 0 Å². The highest BCUT2D eigenvalue weighted by Gasteiger charge is 2.26. The van der Waals surface area contributed by atoms with E-state index in [9.17, 15) is 0 Å². The van der Waals surface area contributed by atoms with E-state index in [1.807, 2.05) is 11.8 Å². The van der Waals surface area contributed by atoms with Crippen molar-refractivity contribution in [2.45, 2.75) is 19.4 Å². The summed E-state index contributed by atoms with van der Waals surface area (Å²) in [4.78, 5) is 4.97. The fraction of sp³-hybridized carbons (Fsp3) is 0.0889. The highest BCUT2D eigenvalue weighted by atomic mass is 32.2. The minimum Gasteiger partial charge on any atom is -0.271 e. The normalized spacial score (nSPS) is 14.3. The van der Waals surface area contributed by atoms with Gasteiger partial charge in [0.1, 0.15) is 0 Å². The van der Waals surface area contributed by atoms with Crippen molar-refractivity contribution in [1.29, 1.82) is 0 Å². The number of thioether (sulfide) groups is 1. The van der Waals surface area contributed by atoms with Gasteiger partial charge in [0.05, 0.1) is 10.6 Å². The third-order valence-corrected chi connectivity index (χ3v) is 11.0. The molecule has 0 fully saturated rings. The van der Waals surface area contributed by atoms with Crippen molar-refractivity contribution in [3.8, 4) is 33.4 Å². The van der Waals surface area contributed by atoms with Crippen LogP contribution in [0.5, 0.6) is 0 Å². The van der Waals surface area contributed by atoms with Gasteiger partial charge in [-0.2, -0.15) is 0 Å². The van der Waals surface area contributed by atoms with Crippen LogP contribution in [0.3, 0.4) is 0 Å². The summed E-state index contributed by atoms with van der Waals surface area (Å²) in [5.74, 6) is 1.03. The quantitative estimate of drug-likeness (QED) is 0.179. The molecule has 0 atom stereocenters. The Morgan fingerprint density at radius 2 is 0.894 bits per heavy atom. The molecule has 0 unspecified atom stereocenters. The zero-order valence-corrected chi connectivity index (χ0v) is 27.3. The highest BCUT2D eigenvalue weighted by molar-refractivity contribution is 8.14. The minimum atomic E-state index is 0.00169. The van der Waals surface area contributed by atoms with Crippen LogP contribution >= 0.6 is 11.8 Å². The molecule has 9 rings (SSSR count). The smallest absolute Gasteiger partial charge is 0.0984 e. The summed E-state index contributed by atoms with van der Waals surface area (Å²) in [6.45, 7) is 4.42. The molecular formula is C45H33NS. The second-order valence-corrected chi connectivity index (χ2v) is 14.2. The first-order valence-corrected chi connectivity index (χ1v) is 17.3. The average molecular weight is 620 g/mol. The molecule has 0 bridgehead atoms. The molecule has 0 saturated carbocycles. The predicted octanol–water partition coefficient (Wildman–Crippen LogP) is 12.6. The predicted molar refractivity (Wildman–Crippen MR) is 206 cm³/mol. The number of benzene rings is 8. The molecule has 0 aliphatic carbocycles. The Labute approximate surface area is 279 Å². The zero-order chi connectivity index (χ0) is 31.5. The van der Waals surface area contributed by atoms with Gasteiger partial charge in [-0.15, -0.1) is 11.8 Å². The van der Waals surface area contributed by atoms with Crippen LogP contribution in [0.1, 0.15) is 19.4 Å². The van der Waals surface area contributed by atoms with Crippen LogP contribution in [0.2, 0.25) is 0 Å². The Morgan fingerprint density at radius 1 is 0.426 bits per heavy atom. The standard InChI is InChI=1S/C45H33NS/c1-45(2)28-47-44(46-45)32-19-15-31(16-20-32)35-23-24-40-41(27-35)43(37-22-18-30-10-4-6-12-34(30)26-37)39-14-8-7-13-38(39)42(40)36-21-17-29-9-3-5-11-33(29)25-36/h3-27H,28H2,1-2H3. The van der Waals surface area contributed by atoms with Gasteiger partial charge in [0, 0.05) is 11.3 Å². The van der Waals surface area contributed by atoms with E-state index in [1.165, 1.54) is 82.0 Å². The molecule has 0 spiro atoms. The van der Waals surface area contributed by atoms with Crippen molar-refractivity contribution in [3.05, 3.63) is 157 Å². The molecule has 0 aromatic heterocycles. The zero-order valence-electron chi connectivity index (χ0n) is 26.5. The molecule has 0 radical (unpaired) electrons. The third kappa shape index (κ3) is 4.92. The molecule has 1 heterocycles. The van der Waals surface area contributed by atoms with Gasteiger partial charge in [-0.25, -0.2) is 0 Å². The van der Waals surface area contributed by atoms with E-state index in [0.717, 1.165) is 10.8 Å². The number of aliphatic imine (C=N–C) groups is 1. The molecule has 8 aromatic rings. The van der Waals surface area contributed by atoms with E-state index in [1.54, 1.807) is 0 Å². The second kappa shape index (κ2) is 11.0. The van der Waals surface area contributed by atoms with Crippen LogP contribution in [0, 0.1) is 0 Å². The minimum absolute atomic E-state index is 0.00169. The number of hydrogen-bond acceptors (Lipinski definition) is 2. The lowest BCUT2D eigenvalue weighted by Gasteiger charge is -2.19. The van der Waals surface area contributed by atoms with Gasteiger partial charge in [0.15, 0.2) is 0 Å². The first-order valence-electron chi connectivity index (χ1n) is 16.3. The maximum atomic E-state index is 4.97. The van der Waals surface area contributed by atoms with Crippen LogP contribution in [0.4, 0.5) is 0 Å². The first-order chi connectivity index (χ1) is 23.0. The van der Waals surface area contributed by atoms with Crippen molar-refractivity contribution in [2.75, 3.05) is 5.75 Å². The number of hydrogen-bond donors (Lipinski definition) is 0. The Morgan fingerprint density at radius 3 is 1.47 bits per heavy atom. The first kappa shape index (κ1) is 28.1. The van der Waals surface area contributed by atoms with Crippen LogP contribution in [-0.4, -0.2) is 16.3 Å². The van der Waals surface area contributed by atoms with Gasteiger partial charge < -0.3 is 0 Å². The summed E-state index contributed by atoms with van der Waals surface area (Å²) in [5, 5.41) is 11.2. The van der Waals surface area contributed by atoms with Crippen molar-refractivity contribution in [2.24, 2.45) is 4.99 Å². The molecule has 0 amide bonds. The average Bonchev–Trinajstić information content (AvgIpc) is 3.49. The Kier molecular flexibility index (Phi) is 6.55. The second-order valence-electron chi connectivity index (χ2n) is 13.3. The molecule has 1 aliphatic heterocycles. The third-order valence-electron chi connectivity index (χ3n) is 9.53. The fourth-order valence-corrected chi connectivity index (χ4v) is 8.38. The van der Waals surface area contributed by atoms with Crippen LogP contribution in [0.15, 0.2) is 157 Å². The van der Waals surface area contributed by atoms with Gasteiger partial charge in [0.25, 0.3) is 0 Å². The molecule has 2 heteroatoms. The highest BCUT2D eigenvalue weighted by Crippen LogP contribution is 2.45. The van der Waals surface area contributed by atoms with E-state index < -0.39 is 0 Å². The van der Waals surface area contributed by atoms with Gasteiger partial charge in [-0.05, 0) is 109 Å². The van der Waals surface area contributed by atoms with E-state index in [0.29, 0.717) is 0 Å². The number of nitrogens with zero attached hydrogens (tertiary/aromatic N) is 1. The molecule has 8 aromatic carbocycles. The summed E-state index contributed by atoms with van der Waals surface area (Å²) in [6, 6.07) is 56.1. The lowest BCUT2D eigenvalue weighted by Crippen LogP contribution is -2.15. The van der Waals surface area contributed by atoms with E-state index in [-0.39, 0.29) is 5.54 Å². The van der Waals surface area contributed by atoms with Crippen LogP contribution in [0.25, 0.3) is 76.5 Å². The van der Waals surface area contributed by atoms with E-state index in [2.05, 4.69) is 166 Å². The van der Waals surface area contributed by atoms with Gasteiger partial charge in [-0.3, -0.25) is 4.99 Å². The molecule has 47 heavy (non-hydrogen) atoms. The van der Waals surface area contributed by atoms with Gasteiger partial charge >= 0.3 is 0 Å². The largest absolute Gasteiger partial charge is 0.271 e. The lowest BCUT2D eigenvalue weighted by atomic mass is 9.84. The van der Waals surface area contributed by atoms with Crippen molar-refractivity contribution in [1.82, 2.24) is 0 Å². The SMILES string of the molecule is CC1(C)CSC(c2ccc(-c3ccc4c(-c5ccc6ccccc6c5)c5ccccc5c(-c5ccc6ccccc6c5)c4c3)cc2)=N1. The van der Waals surface area contributed by atoms with Crippen LogP contribution < -0.4 is 0 Å². The molecule has 1 nitrogen and oxygen atoms in total. The molecule has 0 saturated heterocycles. The maximum Gasteiger partial charge on any atom is 0.0984 e. The number of fused-ring (bicyclic) bond motifs is 4. The summed E-state index contributed by atoms with van der Waals surface area (Å²) in [7, 11) is 0. The molecular weight excluding hydrogens is 587 g/mol. The van der Waals surface area contributed by atoms with Gasteiger partial charge in [-0.1, -0.05) is 133 Å². The lowest BCUT2D eigenvalue weighted by molar-refractivity contribution is 0.605. The fourth-order valence-electron chi connectivity index (χ4n) is 7.21. The van der Waals surface area contributed by atoms with Gasteiger partial charge in [0.2, 0.25) is 0 Å². The number of rotatable bonds is 4. The summed E-state index contributed by atoms with van der Waals surface area (Å²) < 4.78 is 0. The Bertz CT molecular complexity index is 2540. The Balaban J connectivity index is 1.30. The monoisotopic (exact) mass is 619 g/mol. The van der Waals surface area contributed by atoms with E-state index >= 15 is 0 Å². The molecule has 0 N–H and O–H groups in total. The Hall–Kier alpha value is -5.18. The maximum absolute atomic E-state index is 4.97. The molecule has 224 valence electrons.